The highest BCUT2D eigenvalue weighted by Gasteiger charge is 2.18. The van der Waals surface area contributed by atoms with E-state index in [-0.39, 0.29) is 11.7 Å². The molecular formula is C11H16N4O2. The molecule has 92 valence electrons. The Morgan fingerprint density at radius 1 is 1.65 bits per heavy atom. The van der Waals surface area contributed by atoms with E-state index >= 15 is 0 Å². The molecule has 1 aliphatic rings. The van der Waals surface area contributed by atoms with Gasteiger partial charge in [-0.15, -0.1) is 0 Å². The van der Waals surface area contributed by atoms with E-state index in [1.807, 2.05) is 0 Å². The Kier molecular flexibility index (Phi) is 3.53. The monoisotopic (exact) mass is 236 g/mol. The van der Waals surface area contributed by atoms with Gasteiger partial charge in [0, 0.05) is 18.8 Å². The number of hydrogen-bond donors (Lipinski definition) is 2. The smallest absolute Gasteiger partial charge is 0.354 e. The first-order valence-corrected chi connectivity index (χ1v) is 5.66. The lowest BCUT2D eigenvalue weighted by molar-refractivity contribution is 0.0690. The summed E-state index contributed by atoms with van der Waals surface area (Å²) in [6.45, 7) is 2.04. The molecule has 17 heavy (non-hydrogen) atoms. The lowest BCUT2D eigenvalue weighted by atomic mass is 10.1. The second kappa shape index (κ2) is 5.09. The van der Waals surface area contributed by atoms with E-state index in [1.165, 1.54) is 12.3 Å². The number of likely N-dealkylation sites (tertiary alicyclic amines) is 1. The van der Waals surface area contributed by atoms with Gasteiger partial charge in [0.05, 0.1) is 0 Å². The van der Waals surface area contributed by atoms with Crippen molar-refractivity contribution in [3.63, 3.8) is 0 Å². The van der Waals surface area contributed by atoms with Gasteiger partial charge in [-0.2, -0.15) is 0 Å². The van der Waals surface area contributed by atoms with Crippen LogP contribution in [-0.4, -0.2) is 52.1 Å². The second-order valence-corrected chi connectivity index (χ2v) is 4.32. The summed E-state index contributed by atoms with van der Waals surface area (Å²) in [5.74, 6) is -0.638. The Labute approximate surface area is 99.7 Å². The molecule has 0 saturated carbocycles. The number of piperidine rings is 1. The Morgan fingerprint density at radius 3 is 3.18 bits per heavy atom. The molecule has 2 heterocycles. The first kappa shape index (κ1) is 11.8. The van der Waals surface area contributed by atoms with E-state index in [1.54, 1.807) is 0 Å². The highest BCUT2D eigenvalue weighted by Crippen LogP contribution is 2.12. The third-order valence-corrected chi connectivity index (χ3v) is 2.83. The average Bonchev–Trinajstić information content (AvgIpc) is 2.29. The summed E-state index contributed by atoms with van der Waals surface area (Å²) < 4.78 is 0. The van der Waals surface area contributed by atoms with Crippen LogP contribution >= 0.6 is 0 Å². The van der Waals surface area contributed by atoms with Crippen LogP contribution in [0.1, 0.15) is 23.3 Å². The Balaban J connectivity index is 2.02. The zero-order chi connectivity index (χ0) is 12.3. The van der Waals surface area contributed by atoms with E-state index in [4.69, 9.17) is 5.11 Å². The zero-order valence-corrected chi connectivity index (χ0v) is 9.76. The molecular weight excluding hydrogens is 220 g/mol. The van der Waals surface area contributed by atoms with Gasteiger partial charge in [0.1, 0.15) is 0 Å². The minimum absolute atomic E-state index is 0.0201. The van der Waals surface area contributed by atoms with Crippen LogP contribution in [0.15, 0.2) is 12.3 Å². The molecule has 1 aromatic rings. The molecule has 2 rings (SSSR count). The fourth-order valence-corrected chi connectivity index (χ4v) is 2.01. The standard InChI is InChI=1S/C11H16N4O2/c1-15-6-2-3-8(7-15)13-11-12-5-4-9(14-11)10(16)17/h4-5,8H,2-3,6-7H2,1H3,(H,16,17)(H,12,13,14). The largest absolute Gasteiger partial charge is 0.477 e. The van der Waals surface area contributed by atoms with Crippen molar-refractivity contribution in [2.24, 2.45) is 0 Å². The second-order valence-electron chi connectivity index (χ2n) is 4.32. The summed E-state index contributed by atoms with van der Waals surface area (Å²) >= 11 is 0. The topological polar surface area (TPSA) is 78.4 Å². The van der Waals surface area contributed by atoms with Gasteiger partial charge in [-0.3, -0.25) is 0 Å². The number of anilines is 1. The fraction of sp³-hybridized carbons (Fsp3) is 0.545. The van der Waals surface area contributed by atoms with Crippen LogP contribution in [0.3, 0.4) is 0 Å². The highest BCUT2D eigenvalue weighted by atomic mass is 16.4. The maximum absolute atomic E-state index is 10.8. The number of nitrogens with one attached hydrogen (secondary N) is 1. The molecule has 6 heteroatoms. The predicted octanol–water partition coefficient (Wildman–Crippen LogP) is 0.681. The van der Waals surface area contributed by atoms with Gasteiger partial charge >= 0.3 is 5.97 Å². The van der Waals surface area contributed by atoms with Crippen molar-refractivity contribution in [2.45, 2.75) is 18.9 Å². The van der Waals surface area contributed by atoms with Gasteiger partial charge in [0.25, 0.3) is 0 Å². The average molecular weight is 236 g/mol. The van der Waals surface area contributed by atoms with E-state index in [0.29, 0.717) is 5.95 Å². The molecule has 0 bridgehead atoms. The first-order chi connectivity index (χ1) is 8.15. The third kappa shape index (κ3) is 3.13. The Bertz CT molecular complexity index is 410. The highest BCUT2D eigenvalue weighted by molar-refractivity contribution is 5.85. The van der Waals surface area contributed by atoms with Crippen molar-refractivity contribution in [3.8, 4) is 0 Å². The van der Waals surface area contributed by atoms with Crippen LogP contribution in [0.4, 0.5) is 5.95 Å². The molecule has 1 atom stereocenters. The minimum Gasteiger partial charge on any atom is -0.477 e. The lowest BCUT2D eigenvalue weighted by Crippen LogP contribution is -2.40. The molecule has 0 spiro atoms. The van der Waals surface area contributed by atoms with Gasteiger partial charge in [-0.1, -0.05) is 0 Å². The zero-order valence-electron chi connectivity index (χ0n) is 9.76. The first-order valence-electron chi connectivity index (χ1n) is 5.66. The molecule has 1 fully saturated rings. The van der Waals surface area contributed by atoms with Crippen LogP contribution in [0, 0.1) is 0 Å². The summed E-state index contributed by atoms with van der Waals surface area (Å²) in [7, 11) is 2.07. The number of aromatic carboxylic acids is 1. The number of carbonyl (C=O) groups is 1. The van der Waals surface area contributed by atoms with E-state index in [9.17, 15) is 4.79 Å². The number of carboxylic acids is 1. The van der Waals surface area contributed by atoms with Gasteiger partial charge in [-0.05, 0) is 32.5 Å². The molecule has 1 unspecified atom stereocenters. The predicted molar refractivity (Wildman–Crippen MR) is 63.1 cm³/mol. The molecule has 0 aromatic carbocycles. The van der Waals surface area contributed by atoms with Crippen molar-refractivity contribution in [1.82, 2.24) is 14.9 Å². The van der Waals surface area contributed by atoms with Gasteiger partial charge in [0.2, 0.25) is 5.95 Å². The lowest BCUT2D eigenvalue weighted by Gasteiger charge is -2.30. The van der Waals surface area contributed by atoms with Crippen LogP contribution in [0.5, 0.6) is 0 Å². The SMILES string of the molecule is CN1CCCC(Nc2nccc(C(=O)O)n2)C1. The number of aromatic nitrogens is 2. The van der Waals surface area contributed by atoms with Gasteiger partial charge < -0.3 is 15.3 Å². The molecule has 1 saturated heterocycles. The Morgan fingerprint density at radius 2 is 2.47 bits per heavy atom. The Hall–Kier alpha value is -1.69. The van der Waals surface area contributed by atoms with Crippen molar-refractivity contribution in [3.05, 3.63) is 18.0 Å². The molecule has 0 amide bonds. The third-order valence-electron chi connectivity index (χ3n) is 2.83. The molecule has 6 nitrogen and oxygen atoms in total. The fourth-order valence-electron chi connectivity index (χ4n) is 2.01. The number of nitrogens with zero attached hydrogens (tertiary/aromatic N) is 3. The molecule has 1 aliphatic heterocycles. The maximum atomic E-state index is 10.8. The van der Waals surface area contributed by atoms with Gasteiger partial charge in [-0.25, -0.2) is 14.8 Å². The van der Waals surface area contributed by atoms with E-state index in [2.05, 4.69) is 27.2 Å². The van der Waals surface area contributed by atoms with Crippen molar-refractivity contribution < 1.29 is 9.90 Å². The summed E-state index contributed by atoms with van der Waals surface area (Å²) in [6.07, 6.45) is 3.66. The molecule has 0 aliphatic carbocycles. The van der Waals surface area contributed by atoms with Crippen LogP contribution in [0.2, 0.25) is 0 Å². The number of rotatable bonds is 3. The summed E-state index contributed by atoms with van der Waals surface area (Å²) in [4.78, 5) is 21.0. The number of likely N-dealkylation sites (N-methyl/N-ethyl adjacent to an activating group) is 1. The minimum atomic E-state index is -1.03. The van der Waals surface area contributed by atoms with Crippen LogP contribution < -0.4 is 5.32 Å². The van der Waals surface area contributed by atoms with Crippen molar-refractivity contribution in [1.29, 1.82) is 0 Å². The summed E-state index contributed by atoms with van der Waals surface area (Å²) in [5, 5.41) is 12.0. The van der Waals surface area contributed by atoms with E-state index < -0.39 is 5.97 Å². The summed E-state index contributed by atoms with van der Waals surface area (Å²) in [5.41, 5.74) is 0.0201. The van der Waals surface area contributed by atoms with Crippen LogP contribution in [-0.2, 0) is 0 Å². The van der Waals surface area contributed by atoms with Crippen molar-refractivity contribution >= 4 is 11.9 Å². The van der Waals surface area contributed by atoms with E-state index in [0.717, 1.165) is 25.9 Å². The van der Waals surface area contributed by atoms with Crippen molar-refractivity contribution in [2.75, 3.05) is 25.5 Å². The quantitative estimate of drug-likeness (QED) is 0.803. The molecule has 0 radical (unpaired) electrons. The number of hydrogen-bond acceptors (Lipinski definition) is 5. The maximum Gasteiger partial charge on any atom is 0.354 e. The van der Waals surface area contributed by atoms with Crippen LogP contribution in [0.25, 0.3) is 0 Å². The molecule has 2 N–H and O–H groups in total. The van der Waals surface area contributed by atoms with Gasteiger partial charge in [0.15, 0.2) is 5.69 Å². The normalized spacial score (nSPS) is 21.1. The number of carboxylic acid groups (broad SMARTS) is 1. The summed E-state index contributed by atoms with van der Waals surface area (Å²) in [6, 6.07) is 1.68. The molecule has 1 aromatic heterocycles.